The molecule has 0 N–H and O–H groups in total. The van der Waals surface area contributed by atoms with E-state index in [-0.39, 0.29) is 0 Å². The first-order valence-electron chi connectivity index (χ1n) is 50.1. The first kappa shape index (κ1) is 87.3. The second kappa shape index (κ2) is 37.0. The van der Waals surface area contributed by atoms with E-state index in [0.29, 0.717) is 52.4 Å². The van der Waals surface area contributed by atoms with Crippen molar-refractivity contribution in [1.82, 2.24) is 58.6 Å². The molecule has 0 aliphatic heterocycles. The predicted molar refractivity (Wildman–Crippen MR) is 610 cm³/mol. The van der Waals surface area contributed by atoms with Gasteiger partial charge >= 0.3 is 0 Å². The highest BCUT2D eigenvalue weighted by atomic mass is 16.3. The summed E-state index contributed by atoms with van der Waals surface area (Å²) in [5.41, 5.74) is 29.9. The lowest BCUT2D eigenvalue weighted by atomic mass is 10.0. The number of hydrogen-bond acceptors (Lipinski definition) is 12. The molecule has 9 aromatic heterocycles. The molecule has 0 unspecified atom stereocenters. The van der Waals surface area contributed by atoms with Crippen LogP contribution in [0.25, 0.3) is 284 Å². The average molecular weight is 1920 g/mol. The lowest BCUT2D eigenvalue weighted by molar-refractivity contribution is 0.668. The highest BCUT2D eigenvalue weighted by molar-refractivity contribution is 6.16. The summed E-state index contributed by atoms with van der Waals surface area (Å²) < 4.78 is 25.9. The molecule has 150 heavy (non-hydrogen) atoms. The molecule has 21 aromatic carbocycles. The van der Waals surface area contributed by atoms with Crippen molar-refractivity contribution in [2.75, 3.05) is 0 Å². The zero-order chi connectivity index (χ0) is 99.1. The Morgan fingerprint density at radius 3 is 0.847 bits per heavy atom. The van der Waals surface area contributed by atoms with Gasteiger partial charge in [-0.05, 0) is 161 Å². The summed E-state index contributed by atoms with van der Waals surface area (Å²) in [6, 6.07) is 176. The van der Waals surface area contributed by atoms with Crippen molar-refractivity contribution in [2.24, 2.45) is 0 Å². The molecule has 15 heteroatoms. The first-order chi connectivity index (χ1) is 74.3. The standard InChI is InChI=1S/3C45H28N4O/c1-3-12-29(13-4-1)30-22-24-31(25-23-30)43-46-44(48-45(47-43)38-19-11-18-37-36-17-8-10-21-41(36)50-42(37)38)32-26-27-35-34-16-7-9-20-39(34)49(40(35)28-32)33-14-5-2-6-15-33;1-3-12-29(13-4-1)30-22-24-31(25-23-30)43-46-44(48-45(47-43)36-18-11-21-41-42(36)35-17-8-10-20-40(35)50-41)32-26-27-39-37(28-32)34-16-7-9-19-38(34)49(39)33-14-5-2-6-15-33;1-3-11-29(12-4-1)30-19-21-31(22-20-30)43-46-44(48-45(47-43)33-24-26-38-37-16-8-10-18-41(37)50-42(38)28-33)32-23-25-36-35-15-7-9-17-39(35)49(40(36)27-32)34-13-5-2-6-14-34/h3*1-28H. The van der Waals surface area contributed by atoms with E-state index in [2.05, 4.69) is 402 Å². The molecule has 0 amide bonds. The van der Waals surface area contributed by atoms with E-state index in [4.69, 9.17) is 58.1 Å². The highest BCUT2D eigenvalue weighted by Gasteiger charge is 2.26. The molecular weight excluding hydrogens is 1840 g/mol. The minimum absolute atomic E-state index is 0.561. The molecule has 0 fully saturated rings. The molecule has 0 saturated carbocycles. The van der Waals surface area contributed by atoms with Gasteiger partial charge in [-0.15, -0.1) is 0 Å². The topological polar surface area (TPSA) is 170 Å². The number of para-hydroxylation sites is 10. The maximum atomic E-state index is 6.45. The van der Waals surface area contributed by atoms with Gasteiger partial charge in [0.1, 0.15) is 33.5 Å². The van der Waals surface area contributed by atoms with Gasteiger partial charge in [-0.1, -0.05) is 382 Å². The molecule has 0 spiro atoms. The highest BCUT2D eigenvalue weighted by Crippen LogP contribution is 2.45. The fourth-order valence-electron chi connectivity index (χ4n) is 21.2. The van der Waals surface area contributed by atoms with Crippen molar-refractivity contribution in [3.05, 3.63) is 510 Å². The zero-order valence-electron chi connectivity index (χ0n) is 80.6. The molecule has 9 heterocycles. The van der Waals surface area contributed by atoms with Gasteiger partial charge in [-0.25, -0.2) is 44.9 Å². The van der Waals surface area contributed by atoms with Crippen molar-refractivity contribution in [1.29, 1.82) is 0 Å². The monoisotopic (exact) mass is 1920 g/mol. The number of aromatic nitrogens is 12. The van der Waals surface area contributed by atoms with Crippen LogP contribution in [0.15, 0.2) is 523 Å². The largest absolute Gasteiger partial charge is 0.456 e. The summed E-state index contributed by atoms with van der Waals surface area (Å²) >= 11 is 0. The minimum Gasteiger partial charge on any atom is -0.456 e. The fraction of sp³-hybridized carbons (Fsp3) is 0. The van der Waals surface area contributed by atoms with Crippen LogP contribution in [0.3, 0.4) is 0 Å². The third-order valence-electron chi connectivity index (χ3n) is 28.4. The third-order valence-corrected chi connectivity index (χ3v) is 28.4. The minimum atomic E-state index is 0.561. The van der Waals surface area contributed by atoms with Crippen LogP contribution in [-0.4, -0.2) is 58.6 Å². The molecule has 0 atom stereocenters. The van der Waals surface area contributed by atoms with E-state index in [1.807, 2.05) is 121 Å². The van der Waals surface area contributed by atoms with Crippen LogP contribution < -0.4 is 0 Å². The average Bonchev–Trinajstić information content (AvgIpc) is 1.55. The van der Waals surface area contributed by atoms with E-state index in [9.17, 15) is 0 Å². The number of benzene rings is 21. The number of nitrogens with zero attached hydrogens (tertiary/aromatic N) is 12. The van der Waals surface area contributed by atoms with Crippen LogP contribution in [0.5, 0.6) is 0 Å². The second-order valence-electron chi connectivity index (χ2n) is 37.4. The molecule has 0 bridgehead atoms. The van der Waals surface area contributed by atoms with E-state index in [1.165, 1.54) is 26.9 Å². The predicted octanol–water partition coefficient (Wildman–Crippen LogP) is 34.6. The van der Waals surface area contributed by atoms with Crippen LogP contribution in [0.4, 0.5) is 0 Å². The molecule has 0 aliphatic rings. The lowest BCUT2D eigenvalue weighted by Crippen LogP contribution is -2.01. The lowest BCUT2D eigenvalue weighted by Gasteiger charge is -2.11. The summed E-state index contributed by atoms with van der Waals surface area (Å²) in [6.45, 7) is 0. The Balaban J connectivity index is 0.000000108. The van der Waals surface area contributed by atoms with Gasteiger partial charge in [0.05, 0.1) is 38.7 Å². The zero-order valence-corrected chi connectivity index (χ0v) is 80.6. The quantitative estimate of drug-likeness (QED) is 0.0953. The summed E-state index contributed by atoms with van der Waals surface area (Å²) in [6.07, 6.45) is 0. The van der Waals surface area contributed by atoms with Crippen LogP contribution in [-0.2, 0) is 0 Å². The number of hydrogen-bond donors (Lipinski definition) is 0. The Hall–Kier alpha value is -20.6. The Morgan fingerprint density at radius 2 is 0.393 bits per heavy atom. The normalized spacial score (nSPS) is 11.6. The van der Waals surface area contributed by atoms with E-state index in [0.717, 1.165) is 205 Å². The van der Waals surface area contributed by atoms with Crippen molar-refractivity contribution < 1.29 is 13.3 Å². The van der Waals surface area contributed by atoms with Gasteiger partial charge in [0, 0.05) is 126 Å². The SMILES string of the molecule is c1ccc(-c2ccc(-c3nc(-c4ccc5c(c4)c4ccccc4n5-c4ccccc4)nc(-c4cccc5oc6ccccc6c45)n3)cc2)cc1.c1ccc(-c2ccc(-c3nc(-c4ccc5c(c4)oc4ccccc45)nc(-c4ccc5c6ccccc6n(-c6ccccc6)c5c4)n3)cc2)cc1.c1ccc(-c2ccc(-c3nc(-c4ccc5c6ccccc6n(-c6ccccc6)c5c4)nc(-c4cccc5c4oc4ccccc45)n3)cc2)cc1. The number of fused-ring (bicyclic) bond motifs is 18. The van der Waals surface area contributed by atoms with E-state index >= 15 is 0 Å². The van der Waals surface area contributed by atoms with Gasteiger partial charge < -0.3 is 27.0 Å². The Labute approximate surface area is 859 Å². The molecule has 0 aliphatic carbocycles. The Bertz CT molecular complexity index is 10500. The van der Waals surface area contributed by atoms with Crippen LogP contribution in [0, 0.1) is 0 Å². The second-order valence-corrected chi connectivity index (χ2v) is 37.4. The van der Waals surface area contributed by atoms with Crippen LogP contribution in [0.1, 0.15) is 0 Å². The summed E-state index contributed by atoms with van der Waals surface area (Å²) in [7, 11) is 0. The number of furan rings is 3. The van der Waals surface area contributed by atoms with Crippen LogP contribution >= 0.6 is 0 Å². The van der Waals surface area contributed by atoms with E-state index < -0.39 is 0 Å². The molecular formula is C135H84N12O3. The van der Waals surface area contributed by atoms with E-state index in [1.54, 1.807) is 0 Å². The molecule has 0 radical (unpaired) electrons. The Kier molecular flexibility index (Phi) is 21.5. The molecule has 30 rings (SSSR count). The smallest absolute Gasteiger partial charge is 0.167 e. The maximum Gasteiger partial charge on any atom is 0.167 e. The summed E-state index contributed by atoms with van der Waals surface area (Å²) in [4.78, 5) is 46.1. The van der Waals surface area contributed by atoms with Crippen LogP contribution in [0.2, 0.25) is 0 Å². The molecule has 0 saturated heterocycles. The van der Waals surface area contributed by atoms with Gasteiger partial charge in [-0.2, -0.15) is 0 Å². The maximum absolute atomic E-state index is 6.45. The van der Waals surface area contributed by atoms with Crippen molar-refractivity contribution in [2.45, 2.75) is 0 Å². The van der Waals surface area contributed by atoms with Crippen molar-refractivity contribution in [3.8, 4) is 153 Å². The molecule has 30 aromatic rings. The third kappa shape index (κ3) is 15.8. The van der Waals surface area contributed by atoms with Gasteiger partial charge in [0.15, 0.2) is 52.4 Å². The van der Waals surface area contributed by atoms with Crippen molar-refractivity contribution >= 4 is 131 Å². The van der Waals surface area contributed by atoms with Gasteiger partial charge in [-0.3, -0.25) is 0 Å². The van der Waals surface area contributed by atoms with Gasteiger partial charge in [0.25, 0.3) is 0 Å². The molecule has 702 valence electrons. The number of rotatable bonds is 15. The first-order valence-corrected chi connectivity index (χ1v) is 50.1. The Morgan fingerprint density at radius 1 is 0.133 bits per heavy atom. The van der Waals surface area contributed by atoms with Gasteiger partial charge in [0.2, 0.25) is 0 Å². The fourth-order valence-corrected chi connectivity index (χ4v) is 21.2. The summed E-state index contributed by atoms with van der Waals surface area (Å²) in [5.74, 6) is 5.38. The van der Waals surface area contributed by atoms with Crippen molar-refractivity contribution in [3.63, 3.8) is 0 Å². The molecule has 15 nitrogen and oxygen atoms in total. The summed E-state index contributed by atoms with van der Waals surface area (Å²) in [5, 5.41) is 13.3.